The maximum atomic E-state index is 5.76. The van der Waals surface area contributed by atoms with Gasteiger partial charge in [0.05, 0.1) is 0 Å². The molecule has 0 spiro atoms. The zero-order valence-corrected chi connectivity index (χ0v) is 9.52. The highest BCUT2D eigenvalue weighted by atomic mass is 15.1. The van der Waals surface area contributed by atoms with Gasteiger partial charge >= 0.3 is 0 Å². The van der Waals surface area contributed by atoms with Gasteiger partial charge in [0.15, 0.2) is 0 Å². The lowest BCUT2D eigenvalue weighted by molar-refractivity contribution is 0.643. The highest BCUT2D eigenvalue weighted by Crippen LogP contribution is 2.34. The van der Waals surface area contributed by atoms with Gasteiger partial charge in [-0.1, -0.05) is 12.8 Å². The fourth-order valence-corrected chi connectivity index (χ4v) is 2.49. The minimum atomic E-state index is 0.410. The maximum absolute atomic E-state index is 5.76. The Bertz CT molecular complexity index is 381. The van der Waals surface area contributed by atoms with E-state index in [-0.39, 0.29) is 0 Å². The molecule has 2 N–H and O–H groups in total. The van der Waals surface area contributed by atoms with Crippen LogP contribution >= 0.6 is 0 Å². The van der Waals surface area contributed by atoms with Gasteiger partial charge < -0.3 is 5.73 Å². The van der Waals surface area contributed by atoms with Gasteiger partial charge in [-0.2, -0.15) is 9.97 Å². The number of nitrogens with two attached hydrogens (primary N) is 1. The molecular formula is C12H18N4. The molecule has 0 radical (unpaired) electrons. The van der Waals surface area contributed by atoms with Gasteiger partial charge in [0.1, 0.15) is 11.6 Å². The van der Waals surface area contributed by atoms with Crippen molar-refractivity contribution in [2.75, 3.05) is 5.73 Å². The summed E-state index contributed by atoms with van der Waals surface area (Å²) in [5.41, 5.74) is 5.76. The molecule has 1 aromatic heterocycles. The topological polar surface area (TPSA) is 64.7 Å². The van der Waals surface area contributed by atoms with Crippen LogP contribution in [0, 0.1) is 5.92 Å². The molecule has 0 aliphatic heterocycles. The summed E-state index contributed by atoms with van der Waals surface area (Å²) in [4.78, 5) is 13.1. The first-order valence-electron chi connectivity index (χ1n) is 6.31. The van der Waals surface area contributed by atoms with E-state index in [1.165, 1.54) is 38.5 Å². The van der Waals surface area contributed by atoms with Crippen LogP contribution in [0.3, 0.4) is 0 Å². The van der Waals surface area contributed by atoms with E-state index in [0.29, 0.717) is 11.9 Å². The van der Waals surface area contributed by atoms with E-state index in [2.05, 4.69) is 15.0 Å². The lowest BCUT2D eigenvalue weighted by Crippen LogP contribution is -2.10. The maximum Gasteiger partial charge on any atom is 0.223 e. The third-order valence-electron chi connectivity index (χ3n) is 3.60. The van der Waals surface area contributed by atoms with Crippen LogP contribution in [0.15, 0.2) is 0 Å². The normalized spacial score (nSPS) is 21.5. The first-order valence-corrected chi connectivity index (χ1v) is 6.31. The number of anilines is 1. The van der Waals surface area contributed by atoms with Crippen molar-refractivity contribution in [3.8, 4) is 0 Å². The van der Waals surface area contributed by atoms with Crippen molar-refractivity contribution in [3.63, 3.8) is 0 Å². The standard InChI is InChI=1S/C12H18N4/c13-12-15-10(7-8-5-6-8)14-11(16-12)9-3-1-2-4-9/h8-9H,1-7H2,(H2,13,14,15,16). The molecule has 2 fully saturated rings. The summed E-state index contributed by atoms with van der Waals surface area (Å²) in [6, 6.07) is 0. The van der Waals surface area contributed by atoms with Crippen LogP contribution < -0.4 is 5.73 Å². The molecule has 0 saturated heterocycles. The summed E-state index contributed by atoms with van der Waals surface area (Å²) in [5.74, 6) is 3.60. The van der Waals surface area contributed by atoms with Gasteiger partial charge in [0.25, 0.3) is 0 Å². The lowest BCUT2D eigenvalue weighted by Gasteiger charge is -2.09. The van der Waals surface area contributed by atoms with Crippen molar-refractivity contribution in [2.45, 2.75) is 50.9 Å². The lowest BCUT2D eigenvalue weighted by atomic mass is 10.1. The van der Waals surface area contributed by atoms with E-state index >= 15 is 0 Å². The van der Waals surface area contributed by atoms with Crippen molar-refractivity contribution in [3.05, 3.63) is 11.6 Å². The summed E-state index contributed by atoms with van der Waals surface area (Å²) in [6.07, 6.45) is 8.67. The molecule has 0 aromatic carbocycles. The molecule has 3 rings (SSSR count). The van der Waals surface area contributed by atoms with Gasteiger partial charge in [-0.25, -0.2) is 4.98 Å². The molecule has 2 saturated carbocycles. The summed E-state index contributed by atoms with van der Waals surface area (Å²) in [6.45, 7) is 0. The Morgan fingerprint density at radius 1 is 1.00 bits per heavy atom. The summed E-state index contributed by atoms with van der Waals surface area (Å²) in [5, 5.41) is 0. The van der Waals surface area contributed by atoms with E-state index in [4.69, 9.17) is 5.73 Å². The van der Waals surface area contributed by atoms with Crippen molar-refractivity contribution >= 4 is 5.95 Å². The number of rotatable bonds is 3. The summed E-state index contributed by atoms with van der Waals surface area (Å²) in [7, 11) is 0. The molecule has 0 amide bonds. The van der Waals surface area contributed by atoms with Crippen molar-refractivity contribution in [1.29, 1.82) is 0 Å². The molecule has 0 unspecified atom stereocenters. The Hall–Kier alpha value is -1.19. The third-order valence-corrected chi connectivity index (χ3v) is 3.60. The highest BCUT2D eigenvalue weighted by molar-refractivity contribution is 5.18. The molecule has 1 heterocycles. The molecule has 1 aromatic rings. The van der Waals surface area contributed by atoms with Crippen LogP contribution in [0.5, 0.6) is 0 Å². The Morgan fingerprint density at radius 2 is 1.75 bits per heavy atom. The molecule has 4 nitrogen and oxygen atoms in total. The van der Waals surface area contributed by atoms with E-state index in [9.17, 15) is 0 Å². The Kier molecular flexibility index (Phi) is 2.50. The second kappa shape index (κ2) is 4.00. The first-order chi connectivity index (χ1) is 7.81. The van der Waals surface area contributed by atoms with Gasteiger partial charge in [0, 0.05) is 12.3 Å². The highest BCUT2D eigenvalue weighted by Gasteiger charge is 2.25. The van der Waals surface area contributed by atoms with Crippen LogP contribution in [0.2, 0.25) is 0 Å². The van der Waals surface area contributed by atoms with Crippen LogP contribution in [0.1, 0.15) is 56.1 Å². The van der Waals surface area contributed by atoms with Gasteiger partial charge in [-0.3, -0.25) is 0 Å². The number of hydrogen-bond donors (Lipinski definition) is 1. The van der Waals surface area contributed by atoms with Crippen LogP contribution in [0.25, 0.3) is 0 Å². The second-order valence-corrected chi connectivity index (χ2v) is 5.10. The van der Waals surface area contributed by atoms with Crippen molar-refractivity contribution < 1.29 is 0 Å². The molecule has 2 aliphatic carbocycles. The smallest absolute Gasteiger partial charge is 0.223 e. The number of nitrogen functional groups attached to an aromatic ring is 1. The van der Waals surface area contributed by atoms with Gasteiger partial charge in [-0.15, -0.1) is 0 Å². The van der Waals surface area contributed by atoms with E-state index in [1.807, 2.05) is 0 Å². The van der Waals surface area contributed by atoms with Gasteiger partial charge in [0.2, 0.25) is 5.95 Å². The monoisotopic (exact) mass is 218 g/mol. The first kappa shape index (κ1) is 10.00. The van der Waals surface area contributed by atoms with Crippen LogP contribution in [0.4, 0.5) is 5.95 Å². The zero-order chi connectivity index (χ0) is 11.0. The Morgan fingerprint density at radius 3 is 2.44 bits per heavy atom. The summed E-state index contributed by atoms with van der Waals surface area (Å²) >= 11 is 0. The van der Waals surface area contributed by atoms with E-state index in [0.717, 1.165) is 24.0 Å². The van der Waals surface area contributed by atoms with Crippen molar-refractivity contribution in [2.24, 2.45) is 5.92 Å². The Balaban J connectivity index is 1.82. The molecule has 0 bridgehead atoms. The number of hydrogen-bond acceptors (Lipinski definition) is 4. The molecular weight excluding hydrogens is 200 g/mol. The third kappa shape index (κ3) is 2.15. The fraction of sp³-hybridized carbons (Fsp3) is 0.750. The average Bonchev–Trinajstić information content (AvgIpc) is 2.90. The summed E-state index contributed by atoms with van der Waals surface area (Å²) < 4.78 is 0. The molecule has 4 heteroatoms. The Labute approximate surface area is 95.7 Å². The molecule has 16 heavy (non-hydrogen) atoms. The van der Waals surface area contributed by atoms with Crippen LogP contribution in [-0.2, 0) is 6.42 Å². The number of nitrogens with zero attached hydrogens (tertiary/aromatic N) is 3. The predicted molar refractivity (Wildman–Crippen MR) is 61.9 cm³/mol. The van der Waals surface area contributed by atoms with E-state index < -0.39 is 0 Å². The second-order valence-electron chi connectivity index (χ2n) is 5.10. The fourth-order valence-electron chi connectivity index (χ4n) is 2.49. The zero-order valence-electron chi connectivity index (χ0n) is 9.52. The van der Waals surface area contributed by atoms with Crippen molar-refractivity contribution in [1.82, 2.24) is 15.0 Å². The molecule has 86 valence electrons. The quantitative estimate of drug-likeness (QED) is 0.843. The minimum Gasteiger partial charge on any atom is -0.368 e. The SMILES string of the molecule is Nc1nc(CC2CC2)nc(C2CCCC2)n1. The average molecular weight is 218 g/mol. The van der Waals surface area contributed by atoms with E-state index in [1.54, 1.807) is 0 Å². The molecule has 0 atom stereocenters. The van der Waals surface area contributed by atoms with Crippen LogP contribution in [-0.4, -0.2) is 15.0 Å². The largest absolute Gasteiger partial charge is 0.368 e. The van der Waals surface area contributed by atoms with Gasteiger partial charge in [-0.05, 0) is 31.6 Å². The minimum absolute atomic E-state index is 0.410. The molecule has 2 aliphatic rings. The predicted octanol–water partition coefficient (Wildman–Crippen LogP) is 2.06. The number of aromatic nitrogens is 3.